The van der Waals surface area contributed by atoms with Crippen LogP contribution in [0, 0.1) is 0 Å². The second kappa shape index (κ2) is 9.35. The fourth-order valence-corrected chi connectivity index (χ4v) is 4.18. The fourth-order valence-electron chi connectivity index (χ4n) is 2.08. The van der Waals surface area contributed by atoms with E-state index in [1.54, 1.807) is 0 Å². The fraction of sp³-hybridized carbons (Fsp3) is 0.143. The Morgan fingerprint density at radius 1 is 0.680 bits per heavy atom. The van der Waals surface area contributed by atoms with Gasteiger partial charge in [0.1, 0.15) is 6.61 Å². The highest BCUT2D eigenvalue weighted by molar-refractivity contribution is 7.97. The van der Waals surface area contributed by atoms with Crippen molar-refractivity contribution in [3.8, 4) is 0 Å². The number of rotatable bonds is 4. The number of alkyl halides is 2. The van der Waals surface area contributed by atoms with Crippen molar-refractivity contribution in [2.75, 3.05) is 6.61 Å². The smallest absolute Gasteiger partial charge is 0.267 e. The zero-order valence-electron chi connectivity index (χ0n) is 14.0. The largest absolute Gasteiger partial charge is 0.390 e. The Hall–Kier alpha value is -2.17. The molecule has 1 N–H and O–H groups in total. The Bertz CT molecular complexity index is 634. The zero-order valence-corrected chi connectivity index (χ0v) is 14.8. The summed E-state index contributed by atoms with van der Waals surface area (Å²) in [7, 11) is -0.0146. The lowest BCUT2D eigenvalue weighted by molar-refractivity contribution is -0.0322. The SMILES string of the molecule is CC(F)(F)CO.c1ccc([S+](c2ccccc2)c2ccccc2)cc1. The summed E-state index contributed by atoms with van der Waals surface area (Å²) in [5, 5.41) is 7.65. The molecule has 3 aromatic carbocycles. The van der Waals surface area contributed by atoms with E-state index in [0.717, 1.165) is 0 Å². The normalized spacial score (nSPS) is 10.9. The molecule has 4 heteroatoms. The number of halogens is 2. The minimum Gasteiger partial charge on any atom is -0.390 e. The topological polar surface area (TPSA) is 20.2 Å². The first-order valence-corrected chi connectivity index (χ1v) is 9.12. The summed E-state index contributed by atoms with van der Waals surface area (Å²) in [6.07, 6.45) is 0. The average Bonchev–Trinajstić information content (AvgIpc) is 2.65. The predicted octanol–water partition coefficient (Wildman–Crippen LogP) is 5.42. The van der Waals surface area contributed by atoms with Crippen molar-refractivity contribution < 1.29 is 13.9 Å². The third-order valence-corrected chi connectivity index (χ3v) is 5.45. The first-order valence-electron chi connectivity index (χ1n) is 7.89. The molecule has 0 fully saturated rings. The third-order valence-electron chi connectivity index (χ3n) is 3.21. The van der Waals surface area contributed by atoms with Gasteiger partial charge in [-0.25, -0.2) is 8.78 Å². The molecule has 0 amide bonds. The van der Waals surface area contributed by atoms with Crippen LogP contribution in [0.15, 0.2) is 106 Å². The summed E-state index contributed by atoms with van der Waals surface area (Å²) < 4.78 is 22.4. The summed E-state index contributed by atoms with van der Waals surface area (Å²) in [6, 6.07) is 32.2. The molecule has 0 bridgehead atoms. The highest BCUT2D eigenvalue weighted by Crippen LogP contribution is 2.30. The minimum absolute atomic E-state index is 0.0146. The van der Waals surface area contributed by atoms with Gasteiger partial charge in [0.2, 0.25) is 0 Å². The second-order valence-corrected chi connectivity index (χ2v) is 7.50. The molecule has 0 saturated carbocycles. The molecule has 0 aromatic heterocycles. The maximum absolute atomic E-state index is 11.2. The first-order chi connectivity index (χ1) is 12.0. The van der Waals surface area contributed by atoms with Crippen molar-refractivity contribution in [1.82, 2.24) is 0 Å². The van der Waals surface area contributed by atoms with Gasteiger partial charge in [-0.1, -0.05) is 54.6 Å². The van der Waals surface area contributed by atoms with Crippen LogP contribution in [0.2, 0.25) is 0 Å². The molecule has 0 radical (unpaired) electrons. The number of hydrogen-bond acceptors (Lipinski definition) is 1. The first kappa shape index (κ1) is 19.2. The molecule has 0 saturated heterocycles. The van der Waals surface area contributed by atoms with Gasteiger partial charge in [0.15, 0.2) is 14.7 Å². The van der Waals surface area contributed by atoms with Gasteiger partial charge in [0, 0.05) is 6.92 Å². The van der Waals surface area contributed by atoms with Crippen molar-refractivity contribution in [2.24, 2.45) is 0 Å². The van der Waals surface area contributed by atoms with Crippen LogP contribution in [0.25, 0.3) is 0 Å². The van der Waals surface area contributed by atoms with Crippen LogP contribution >= 0.6 is 0 Å². The van der Waals surface area contributed by atoms with Gasteiger partial charge in [-0.3, -0.25) is 0 Å². The molecule has 0 aliphatic carbocycles. The summed E-state index contributed by atoms with van der Waals surface area (Å²) in [6.45, 7) is -0.403. The van der Waals surface area contributed by atoms with Crippen molar-refractivity contribution in [3.63, 3.8) is 0 Å². The van der Waals surface area contributed by atoms with Gasteiger partial charge in [0.25, 0.3) is 5.92 Å². The maximum Gasteiger partial charge on any atom is 0.267 e. The van der Waals surface area contributed by atoms with Gasteiger partial charge in [-0.2, -0.15) is 0 Å². The molecule has 3 aromatic rings. The summed E-state index contributed by atoms with van der Waals surface area (Å²) in [5.74, 6) is -2.90. The Morgan fingerprint density at radius 3 is 1.12 bits per heavy atom. The molecule has 0 aliphatic heterocycles. The molecule has 25 heavy (non-hydrogen) atoms. The number of aliphatic hydroxyl groups excluding tert-OH is 1. The van der Waals surface area contributed by atoms with Crippen molar-refractivity contribution >= 4 is 10.9 Å². The van der Waals surface area contributed by atoms with Crippen LogP contribution in [0.4, 0.5) is 8.78 Å². The highest BCUT2D eigenvalue weighted by atomic mass is 32.2. The lowest BCUT2D eigenvalue weighted by Gasteiger charge is -2.07. The molecule has 0 aliphatic rings. The van der Waals surface area contributed by atoms with E-state index in [1.807, 2.05) is 0 Å². The van der Waals surface area contributed by atoms with Crippen molar-refractivity contribution in [1.29, 1.82) is 0 Å². The van der Waals surface area contributed by atoms with Gasteiger partial charge in [-0.05, 0) is 36.4 Å². The summed E-state index contributed by atoms with van der Waals surface area (Å²) >= 11 is 0. The molecule has 0 atom stereocenters. The quantitative estimate of drug-likeness (QED) is 0.617. The Balaban J connectivity index is 0.000000326. The Morgan fingerprint density at radius 2 is 0.920 bits per heavy atom. The predicted molar refractivity (Wildman–Crippen MR) is 99.2 cm³/mol. The van der Waals surface area contributed by atoms with Gasteiger partial charge < -0.3 is 5.11 Å². The van der Waals surface area contributed by atoms with E-state index < -0.39 is 12.5 Å². The molecular formula is C21H21F2OS+. The molecule has 3 rings (SSSR count). The number of hydrogen-bond donors (Lipinski definition) is 1. The minimum atomic E-state index is -2.90. The van der Waals surface area contributed by atoms with Crippen LogP contribution in [0.1, 0.15) is 6.92 Å². The van der Waals surface area contributed by atoms with Crippen LogP contribution < -0.4 is 0 Å². The Labute approximate surface area is 150 Å². The lowest BCUT2D eigenvalue weighted by Crippen LogP contribution is -2.14. The third kappa shape index (κ3) is 6.33. The molecular weight excluding hydrogens is 338 g/mol. The van der Waals surface area contributed by atoms with E-state index in [-0.39, 0.29) is 10.9 Å². The van der Waals surface area contributed by atoms with Gasteiger partial charge >= 0.3 is 0 Å². The van der Waals surface area contributed by atoms with Gasteiger partial charge in [-0.15, -0.1) is 0 Å². The van der Waals surface area contributed by atoms with Crippen LogP contribution in [-0.2, 0) is 10.9 Å². The van der Waals surface area contributed by atoms with Crippen LogP contribution in [0.5, 0.6) is 0 Å². The summed E-state index contributed by atoms with van der Waals surface area (Å²) in [5.41, 5.74) is 0. The molecule has 0 spiro atoms. The van der Waals surface area contributed by atoms with Crippen LogP contribution in [-0.4, -0.2) is 17.6 Å². The standard InChI is InChI=1S/C18H15S.C3H6F2O/c1-4-10-16(11-5-1)19(17-12-6-2-7-13-17)18-14-8-3-9-15-18;1-3(4,5)2-6/h1-15H;6H,2H2,1H3/q+1;. The van der Waals surface area contributed by atoms with E-state index in [0.29, 0.717) is 6.92 Å². The summed E-state index contributed by atoms with van der Waals surface area (Å²) in [4.78, 5) is 4.08. The van der Waals surface area contributed by atoms with E-state index in [9.17, 15) is 8.78 Å². The molecule has 1 nitrogen and oxygen atoms in total. The van der Waals surface area contributed by atoms with Crippen molar-refractivity contribution in [2.45, 2.75) is 27.5 Å². The van der Waals surface area contributed by atoms with E-state index in [2.05, 4.69) is 91.0 Å². The zero-order chi connectivity index (χ0) is 18.1. The highest BCUT2D eigenvalue weighted by Gasteiger charge is 2.27. The maximum atomic E-state index is 11.2. The average molecular weight is 359 g/mol. The van der Waals surface area contributed by atoms with E-state index >= 15 is 0 Å². The Kier molecular flexibility index (Phi) is 7.16. The number of aliphatic hydroxyl groups is 1. The monoisotopic (exact) mass is 359 g/mol. The second-order valence-electron chi connectivity index (χ2n) is 5.47. The molecule has 0 heterocycles. The molecule has 130 valence electrons. The van der Waals surface area contributed by atoms with Crippen molar-refractivity contribution in [3.05, 3.63) is 91.0 Å². The van der Waals surface area contributed by atoms with Gasteiger partial charge in [0.05, 0.1) is 10.9 Å². The molecule has 0 unspecified atom stereocenters. The van der Waals surface area contributed by atoms with E-state index in [4.69, 9.17) is 5.11 Å². The number of benzene rings is 3. The van der Waals surface area contributed by atoms with E-state index in [1.165, 1.54) is 14.7 Å². The van der Waals surface area contributed by atoms with Crippen LogP contribution in [0.3, 0.4) is 0 Å². The lowest BCUT2D eigenvalue weighted by atomic mass is 10.4.